The van der Waals surface area contributed by atoms with Crippen LogP contribution >= 0.6 is 23.2 Å². The molecule has 0 radical (unpaired) electrons. The first kappa shape index (κ1) is 30.6. The van der Waals surface area contributed by atoms with Crippen molar-refractivity contribution in [2.24, 2.45) is 0 Å². The van der Waals surface area contributed by atoms with Crippen molar-refractivity contribution in [1.29, 1.82) is 0 Å². The lowest BCUT2D eigenvalue weighted by Gasteiger charge is -2.25. The van der Waals surface area contributed by atoms with E-state index in [-0.39, 0.29) is 46.7 Å². The highest BCUT2D eigenvalue weighted by atomic mass is 35.5. The first-order chi connectivity index (χ1) is 20.1. The molecule has 43 heavy (non-hydrogen) atoms. The third kappa shape index (κ3) is 5.88. The van der Waals surface area contributed by atoms with E-state index in [2.05, 4.69) is 10.6 Å². The van der Waals surface area contributed by atoms with Crippen LogP contribution in [0.3, 0.4) is 0 Å². The summed E-state index contributed by atoms with van der Waals surface area (Å²) in [4.78, 5) is 28.0. The van der Waals surface area contributed by atoms with Gasteiger partial charge >= 0.3 is 18.2 Å². The monoisotopic (exact) mass is 663 g/mol. The average molecular weight is 664 g/mol. The summed E-state index contributed by atoms with van der Waals surface area (Å²) in [6, 6.07) is 4.75. The van der Waals surface area contributed by atoms with E-state index in [4.69, 9.17) is 23.2 Å². The Labute approximate surface area is 251 Å². The Morgan fingerprint density at radius 3 is 2.33 bits per heavy atom. The van der Waals surface area contributed by atoms with E-state index in [1.807, 2.05) is 4.72 Å². The fourth-order valence-electron chi connectivity index (χ4n) is 4.80. The van der Waals surface area contributed by atoms with Gasteiger partial charge in [-0.1, -0.05) is 30.1 Å². The number of hydrogen-bond acceptors (Lipinski definition) is 4. The number of urea groups is 2. The summed E-state index contributed by atoms with van der Waals surface area (Å²) >= 11 is 11.6. The summed E-state index contributed by atoms with van der Waals surface area (Å²) in [5, 5.41) is 4.38. The van der Waals surface area contributed by atoms with Crippen molar-refractivity contribution in [1.82, 2.24) is 5.32 Å². The summed E-state index contributed by atoms with van der Waals surface area (Å²) in [6.45, 7) is 1.96. The topological polar surface area (TPSA) is 111 Å². The van der Waals surface area contributed by atoms with E-state index >= 15 is 0 Å². The van der Waals surface area contributed by atoms with Crippen molar-refractivity contribution in [3.05, 3.63) is 75.3 Å². The van der Waals surface area contributed by atoms with Gasteiger partial charge in [-0.15, -0.1) is 0 Å². The molecule has 17 heteroatoms. The van der Waals surface area contributed by atoms with E-state index in [1.165, 1.54) is 15.9 Å². The number of nitrogens with one attached hydrogen (secondary N) is 3. The number of benzene rings is 3. The van der Waals surface area contributed by atoms with Crippen molar-refractivity contribution in [3.63, 3.8) is 0 Å². The number of halogens is 7. The molecule has 0 bridgehead atoms. The minimum absolute atomic E-state index is 0.00272. The number of amides is 4. The van der Waals surface area contributed by atoms with Crippen molar-refractivity contribution < 1.29 is 40.0 Å². The van der Waals surface area contributed by atoms with E-state index < -0.39 is 62.0 Å². The van der Waals surface area contributed by atoms with Gasteiger partial charge in [-0.3, -0.25) is 14.5 Å². The SMILES string of the molecule is C[C@@H]1CN(C(=O)Nc2ccc(C(F)(F)F)cc2Cl)c2c1cc(S(=O)(=O)Nc1c(F)cc(Cl)cc1F)cc2N1CCNC1=O. The molecule has 0 spiro atoms. The van der Waals surface area contributed by atoms with Gasteiger partial charge in [0.05, 0.1) is 32.5 Å². The van der Waals surface area contributed by atoms with Crippen molar-refractivity contribution in [3.8, 4) is 0 Å². The Morgan fingerprint density at radius 1 is 1.07 bits per heavy atom. The number of alkyl halides is 3. The van der Waals surface area contributed by atoms with Crippen LogP contribution in [0.5, 0.6) is 0 Å². The molecule has 0 unspecified atom stereocenters. The molecule has 1 saturated heterocycles. The van der Waals surface area contributed by atoms with Gasteiger partial charge < -0.3 is 10.6 Å². The first-order valence-electron chi connectivity index (χ1n) is 12.4. The van der Waals surface area contributed by atoms with Crippen LogP contribution < -0.4 is 25.2 Å². The summed E-state index contributed by atoms with van der Waals surface area (Å²) in [5.41, 5.74) is -1.62. The zero-order valence-corrected chi connectivity index (χ0v) is 24.1. The number of rotatable bonds is 5. The Kier molecular flexibility index (Phi) is 7.86. The molecule has 3 N–H and O–H groups in total. The number of hydrogen-bond donors (Lipinski definition) is 3. The second kappa shape index (κ2) is 11.0. The molecule has 2 aliphatic heterocycles. The van der Waals surface area contributed by atoms with Crippen LogP contribution in [0.2, 0.25) is 10.0 Å². The highest BCUT2D eigenvalue weighted by Crippen LogP contribution is 2.46. The predicted molar refractivity (Wildman–Crippen MR) is 151 cm³/mol. The third-order valence-electron chi connectivity index (χ3n) is 6.83. The fourth-order valence-corrected chi connectivity index (χ4v) is 6.35. The smallest absolute Gasteiger partial charge is 0.336 e. The molecular weight excluding hydrogens is 644 g/mol. The number of fused-ring (bicyclic) bond motifs is 1. The van der Waals surface area contributed by atoms with Crippen LogP contribution in [0.25, 0.3) is 0 Å². The van der Waals surface area contributed by atoms with Gasteiger partial charge in [0.25, 0.3) is 10.0 Å². The maximum Gasteiger partial charge on any atom is 0.416 e. The van der Waals surface area contributed by atoms with Crippen LogP contribution in [-0.2, 0) is 16.2 Å². The van der Waals surface area contributed by atoms with E-state index in [0.29, 0.717) is 11.6 Å². The Morgan fingerprint density at radius 2 is 1.74 bits per heavy atom. The Balaban J connectivity index is 1.55. The van der Waals surface area contributed by atoms with Crippen LogP contribution in [0, 0.1) is 11.6 Å². The molecule has 3 aromatic carbocycles. The Hall–Kier alpha value is -3.82. The molecule has 1 fully saturated rings. The molecule has 0 saturated carbocycles. The molecule has 3 aromatic rings. The predicted octanol–water partition coefficient (Wildman–Crippen LogP) is 6.78. The normalized spacial score (nSPS) is 16.7. The van der Waals surface area contributed by atoms with Crippen molar-refractivity contribution in [2.75, 3.05) is 39.5 Å². The standard InChI is InChI=1S/C26H20Cl2F5N5O4S/c1-12-11-38(25(40)35-20-3-2-13(6-17(20)28)26(31,32)33)23-16(12)9-15(10-21(23)37-5-4-34-24(37)39)43(41,42)36-22-18(29)7-14(27)8-19(22)30/h2-3,6-10,12,36H,4-5,11H2,1H3,(H,34,39)(H,35,40)/t12-/m1/s1. The largest absolute Gasteiger partial charge is 0.416 e. The molecular formula is C26H20Cl2F5N5O4S. The van der Waals surface area contributed by atoms with Gasteiger partial charge in [0.1, 0.15) is 5.69 Å². The van der Waals surface area contributed by atoms with Gasteiger partial charge in [-0.05, 0) is 48.0 Å². The van der Waals surface area contributed by atoms with Gasteiger partial charge in [-0.2, -0.15) is 13.2 Å². The summed E-state index contributed by atoms with van der Waals surface area (Å²) < 4.78 is 96.6. The lowest BCUT2D eigenvalue weighted by molar-refractivity contribution is -0.137. The number of sulfonamides is 1. The number of anilines is 4. The zero-order valence-electron chi connectivity index (χ0n) is 21.8. The van der Waals surface area contributed by atoms with E-state index in [1.54, 1.807) is 6.92 Å². The summed E-state index contributed by atoms with van der Waals surface area (Å²) in [5.74, 6) is -3.02. The summed E-state index contributed by atoms with van der Waals surface area (Å²) in [6.07, 6.45) is -4.65. The van der Waals surface area contributed by atoms with Crippen molar-refractivity contribution >= 4 is 68.0 Å². The molecule has 1 atom stereocenters. The number of carbonyl (C=O) groups is 2. The minimum Gasteiger partial charge on any atom is -0.336 e. The van der Waals surface area contributed by atoms with Gasteiger partial charge in [-0.25, -0.2) is 26.8 Å². The molecule has 9 nitrogen and oxygen atoms in total. The maximum absolute atomic E-state index is 14.4. The highest BCUT2D eigenvalue weighted by Gasteiger charge is 2.38. The van der Waals surface area contributed by atoms with Crippen molar-refractivity contribution in [2.45, 2.75) is 23.9 Å². The quantitative estimate of drug-likeness (QED) is 0.262. The summed E-state index contributed by atoms with van der Waals surface area (Å²) in [7, 11) is -4.65. The van der Waals surface area contributed by atoms with Gasteiger partial charge in [0.2, 0.25) is 0 Å². The molecule has 2 aliphatic rings. The second-order valence-corrected chi connectivity index (χ2v) is 12.3. The lowest BCUT2D eigenvalue weighted by Crippen LogP contribution is -2.36. The molecule has 4 amide bonds. The van der Waals surface area contributed by atoms with Gasteiger partial charge in [0.15, 0.2) is 11.6 Å². The molecule has 0 aromatic heterocycles. The molecule has 0 aliphatic carbocycles. The van der Waals surface area contributed by atoms with Crippen LogP contribution in [0.1, 0.15) is 24.0 Å². The maximum atomic E-state index is 14.4. The fraction of sp³-hybridized carbons (Fsp3) is 0.231. The van der Waals surface area contributed by atoms with E-state index in [0.717, 1.165) is 30.3 Å². The Bertz CT molecular complexity index is 1750. The third-order valence-corrected chi connectivity index (χ3v) is 8.69. The lowest BCUT2D eigenvalue weighted by atomic mass is 10.0. The molecule has 2 heterocycles. The number of nitrogens with zero attached hydrogens (tertiary/aromatic N) is 2. The molecule has 5 rings (SSSR count). The first-order valence-corrected chi connectivity index (χ1v) is 14.7. The second-order valence-electron chi connectivity index (χ2n) is 9.75. The average Bonchev–Trinajstić information content (AvgIpc) is 3.49. The van der Waals surface area contributed by atoms with Crippen LogP contribution in [-0.4, -0.2) is 40.1 Å². The number of carbonyl (C=O) groups excluding carboxylic acids is 2. The highest BCUT2D eigenvalue weighted by molar-refractivity contribution is 7.92. The minimum atomic E-state index is -4.65. The van der Waals surface area contributed by atoms with Crippen LogP contribution in [0.15, 0.2) is 47.4 Å². The van der Waals surface area contributed by atoms with Gasteiger partial charge in [0, 0.05) is 30.6 Å². The van der Waals surface area contributed by atoms with Crippen LogP contribution in [0.4, 0.5) is 54.3 Å². The molecule has 228 valence electrons. The zero-order chi connectivity index (χ0) is 31.4. The van der Waals surface area contributed by atoms with E-state index in [9.17, 15) is 40.0 Å².